The molecular formula is C11H12FNO4. The third-order valence-electron chi connectivity index (χ3n) is 2.22. The number of hydrogen-bond acceptors (Lipinski definition) is 4. The Balaban J connectivity index is 2.78. The molecule has 0 fully saturated rings. The molecule has 92 valence electrons. The number of carbonyl (C=O) groups is 1. The number of nitro benzene ring substituents is 1. The van der Waals surface area contributed by atoms with Crippen LogP contribution in [0, 0.1) is 15.9 Å². The van der Waals surface area contributed by atoms with E-state index in [2.05, 4.69) is 4.74 Å². The maximum atomic E-state index is 13.0. The molecule has 1 rings (SSSR count). The standard InChI is InChI=1S/C11H12FNO4/c1-17-7-10(14)4-2-8-6-9(12)3-5-11(8)13(15)16/h3,5-6H,2,4,7H2,1H3. The Morgan fingerprint density at radius 1 is 1.53 bits per heavy atom. The van der Waals surface area contributed by atoms with Crippen molar-refractivity contribution in [3.05, 3.63) is 39.7 Å². The van der Waals surface area contributed by atoms with Gasteiger partial charge in [-0.25, -0.2) is 4.39 Å². The summed E-state index contributed by atoms with van der Waals surface area (Å²) in [5.74, 6) is -0.726. The predicted molar refractivity (Wildman–Crippen MR) is 58.3 cm³/mol. The van der Waals surface area contributed by atoms with Crippen molar-refractivity contribution in [3.63, 3.8) is 0 Å². The highest BCUT2D eigenvalue weighted by Crippen LogP contribution is 2.20. The number of halogens is 1. The lowest BCUT2D eigenvalue weighted by molar-refractivity contribution is -0.385. The van der Waals surface area contributed by atoms with Crippen LogP contribution in [0.15, 0.2) is 18.2 Å². The summed E-state index contributed by atoms with van der Waals surface area (Å²) < 4.78 is 17.6. The predicted octanol–water partition coefficient (Wildman–Crippen LogP) is 1.88. The number of nitrogens with zero attached hydrogens (tertiary/aromatic N) is 1. The molecule has 0 aliphatic heterocycles. The van der Waals surface area contributed by atoms with Crippen LogP contribution in [0.3, 0.4) is 0 Å². The molecule has 5 nitrogen and oxygen atoms in total. The Morgan fingerprint density at radius 2 is 2.24 bits per heavy atom. The van der Waals surface area contributed by atoms with Crippen LogP contribution < -0.4 is 0 Å². The summed E-state index contributed by atoms with van der Waals surface area (Å²) in [6.45, 7) is -0.0386. The molecule has 0 aliphatic carbocycles. The number of nitro groups is 1. The number of ether oxygens (including phenoxy) is 1. The lowest BCUT2D eigenvalue weighted by Crippen LogP contribution is -2.08. The largest absolute Gasteiger partial charge is 0.377 e. The van der Waals surface area contributed by atoms with E-state index in [0.29, 0.717) is 0 Å². The van der Waals surface area contributed by atoms with Crippen molar-refractivity contribution < 1.29 is 18.8 Å². The third-order valence-corrected chi connectivity index (χ3v) is 2.22. The van der Waals surface area contributed by atoms with Crippen molar-refractivity contribution in [2.45, 2.75) is 12.8 Å². The minimum atomic E-state index is -0.588. The van der Waals surface area contributed by atoms with E-state index in [1.54, 1.807) is 0 Å². The Labute approximate surface area is 97.3 Å². The van der Waals surface area contributed by atoms with Crippen molar-refractivity contribution in [2.75, 3.05) is 13.7 Å². The van der Waals surface area contributed by atoms with E-state index < -0.39 is 10.7 Å². The average Bonchev–Trinajstić information content (AvgIpc) is 2.26. The van der Waals surface area contributed by atoms with Gasteiger partial charge in [0.25, 0.3) is 5.69 Å². The summed E-state index contributed by atoms with van der Waals surface area (Å²) in [5.41, 5.74) is 0.0519. The number of aryl methyl sites for hydroxylation is 1. The monoisotopic (exact) mass is 241 g/mol. The minimum absolute atomic E-state index is 0.0386. The SMILES string of the molecule is COCC(=O)CCc1cc(F)ccc1[N+](=O)[O-]. The first-order valence-corrected chi connectivity index (χ1v) is 4.98. The summed E-state index contributed by atoms with van der Waals surface area (Å²) in [7, 11) is 1.39. The topological polar surface area (TPSA) is 69.4 Å². The van der Waals surface area contributed by atoms with Crippen LogP contribution >= 0.6 is 0 Å². The van der Waals surface area contributed by atoms with Crippen LogP contribution in [-0.2, 0) is 16.0 Å². The molecule has 0 bridgehead atoms. The van der Waals surface area contributed by atoms with Gasteiger partial charge in [0.05, 0.1) is 4.92 Å². The van der Waals surface area contributed by atoms with Gasteiger partial charge in [-0.3, -0.25) is 14.9 Å². The van der Waals surface area contributed by atoms with Crippen LogP contribution in [0.25, 0.3) is 0 Å². The fourth-order valence-electron chi connectivity index (χ4n) is 1.44. The number of rotatable bonds is 6. The van der Waals surface area contributed by atoms with Crippen molar-refractivity contribution in [3.8, 4) is 0 Å². The van der Waals surface area contributed by atoms with Gasteiger partial charge in [0.1, 0.15) is 12.4 Å². The van der Waals surface area contributed by atoms with Crippen LogP contribution in [0.5, 0.6) is 0 Å². The van der Waals surface area contributed by atoms with E-state index in [9.17, 15) is 19.3 Å². The van der Waals surface area contributed by atoms with E-state index in [4.69, 9.17) is 0 Å². The number of hydrogen-bond donors (Lipinski definition) is 0. The summed E-state index contributed by atoms with van der Waals surface area (Å²) in [4.78, 5) is 21.3. The second-order valence-electron chi connectivity index (χ2n) is 3.50. The lowest BCUT2D eigenvalue weighted by Gasteiger charge is -2.02. The minimum Gasteiger partial charge on any atom is -0.377 e. The summed E-state index contributed by atoms with van der Waals surface area (Å²) in [6, 6.07) is 3.21. The summed E-state index contributed by atoms with van der Waals surface area (Å²) >= 11 is 0. The molecule has 0 atom stereocenters. The zero-order chi connectivity index (χ0) is 12.8. The first kappa shape index (κ1) is 13.2. The van der Waals surface area contributed by atoms with Crippen molar-refractivity contribution in [1.29, 1.82) is 0 Å². The van der Waals surface area contributed by atoms with E-state index in [1.807, 2.05) is 0 Å². The molecule has 0 saturated heterocycles. The van der Waals surface area contributed by atoms with E-state index in [0.717, 1.165) is 18.2 Å². The molecule has 0 heterocycles. The maximum Gasteiger partial charge on any atom is 0.272 e. The van der Waals surface area contributed by atoms with E-state index >= 15 is 0 Å². The zero-order valence-corrected chi connectivity index (χ0v) is 9.31. The second kappa shape index (κ2) is 6.05. The Bertz CT molecular complexity index is 433. The van der Waals surface area contributed by atoms with Gasteiger partial charge in [-0.05, 0) is 18.6 Å². The van der Waals surface area contributed by atoms with Crippen molar-refractivity contribution in [2.24, 2.45) is 0 Å². The zero-order valence-electron chi connectivity index (χ0n) is 9.31. The van der Waals surface area contributed by atoms with Gasteiger partial charge < -0.3 is 4.74 Å². The maximum absolute atomic E-state index is 13.0. The molecule has 6 heteroatoms. The molecule has 1 aromatic rings. The molecule has 1 aromatic carbocycles. The fourth-order valence-corrected chi connectivity index (χ4v) is 1.44. The number of carbonyl (C=O) groups excluding carboxylic acids is 1. The Hall–Kier alpha value is -1.82. The van der Waals surface area contributed by atoms with Gasteiger partial charge >= 0.3 is 0 Å². The highest BCUT2D eigenvalue weighted by Gasteiger charge is 2.15. The number of benzene rings is 1. The average molecular weight is 241 g/mol. The molecule has 0 aliphatic rings. The van der Waals surface area contributed by atoms with Gasteiger partial charge in [0.2, 0.25) is 0 Å². The lowest BCUT2D eigenvalue weighted by atomic mass is 10.1. The second-order valence-corrected chi connectivity index (χ2v) is 3.50. The summed E-state index contributed by atoms with van der Waals surface area (Å²) in [6.07, 6.45) is 0.231. The van der Waals surface area contributed by atoms with Gasteiger partial charge in [0.15, 0.2) is 5.78 Å². The van der Waals surface area contributed by atoms with Crippen LogP contribution in [0.4, 0.5) is 10.1 Å². The number of methoxy groups -OCH3 is 1. The third kappa shape index (κ3) is 3.92. The molecule has 0 amide bonds. The molecule has 0 aromatic heterocycles. The molecule has 17 heavy (non-hydrogen) atoms. The normalized spacial score (nSPS) is 10.2. The van der Waals surface area contributed by atoms with Crippen LogP contribution in [0.2, 0.25) is 0 Å². The molecule has 0 spiro atoms. The van der Waals surface area contributed by atoms with E-state index in [1.165, 1.54) is 7.11 Å². The van der Waals surface area contributed by atoms with Gasteiger partial charge in [-0.1, -0.05) is 0 Å². The van der Waals surface area contributed by atoms with Gasteiger partial charge in [-0.15, -0.1) is 0 Å². The van der Waals surface area contributed by atoms with Crippen LogP contribution in [-0.4, -0.2) is 24.4 Å². The first-order chi connectivity index (χ1) is 8.04. The van der Waals surface area contributed by atoms with Gasteiger partial charge in [0, 0.05) is 25.2 Å². The Kier molecular flexibility index (Phi) is 4.71. The molecule has 0 saturated carbocycles. The highest BCUT2D eigenvalue weighted by atomic mass is 19.1. The molecule has 0 radical (unpaired) electrons. The van der Waals surface area contributed by atoms with E-state index in [-0.39, 0.29) is 36.5 Å². The first-order valence-electron chi connectivity index (χ1n) is 4.98. The number of Topliss-reactive ketones (excluding diaryl/α,β-unsaturated/α-hetero) is 1. The number of ketones is 1. The Morgan fingerprint density at radius 3 is 2.82 bits per heavy atom. The van der Waals surface area contributed by atoms with Crippen molar-refractivity contribution >= 4 is 11.5 Å². The quantitative estimate of drug-likeness (QED) is 0.563. The molecule has 0 N–H and O–H groups in total. The van der Waals surface area contributed by atoms with Gasteiger partial charge in [-0.2, -0.15) is 0 Å². The van der Waals surface area contributed by atoms with Crippen molar-refractivity contribution in [1.82, 2.24) is 0 Å². The highest BCUT2D eigenvalue weighted by molar-refractivity contribution is 5.80. The molecular weight excluding hydrogens is 229 g/mol. The fraction of sp³-hybridized carbons (Fsp3) is 0.364. The molecule has 0 unspecified atom stereocenters. The van der Waals surface area contributed by atoms with Crippen LogP contribution in [0.1, 0.15) is 12.0 Å². The smallest absolute Gasteiger partial charge is 0.272 e. The summed E-state index contributed by atoms with van der Waals surface area (Å²) in [5, 5.41) is 10.7.